The largest absolute Gasteiger partial charge is 0.390 e. The number of hydrogen-bond donors (Lipinski definition) is 1. The topological polar surface area (TPSA) is 59.2 Å². The van der Waals surface area contributed by atoms with Crippen molar-refractivity contribution in [2.24, 2.45) is 5.73 Å². The highest BCUT2D eigenvalue weighted by Crippen LogP contribution is 2.19. The third-order valence-corrected chi connectivity index (χ3v) is 2.39. The first-order valence-corrected chi connectivity index (χ1v) is 5.80. The minimum absolute atomic E-state index is 0.0768. The van der Waals surface area contributed by atoms with E-state index in [1.165, 1.54) is 19.3 Å². The molecule has 1 heterocycles. The first kappa shape index (κ1) is 16.0. The van der Waals surface area contributed by atoms with Crippen molar-refractivity contribution in [2.75, 3.05) is 20.1 Å². The molecule has 0 unspecified atom stereocenters. The molecule has 1 aromatic heterocycles. The van der Waals surface area contributed by atoms with Gasteiger partial charge in [0.2, 0.25) is 0 Å². The third kappa shape index (κ3) is 5.28. The molecule has 0 saturated carbocycles. The summed E-state index contributed by atoms with van der Waals surface area (Å²) in [6.45, 7) is -0.195. The Hall–Kier alpha value is -2.07. The van der Waals surface area contributed by atoms with Crippen molar-refractivity contribution in [1.29, 1.82) is 0 Å². The molecule has 2 N–H and O–H groups in total. The van der Waals surface area contributed by atoms with Gasteiger partial charge in [-0.05, 0) is 12.1 Å². The average molecular weight is 285 g/mol. The molecule has 7 heteroatoms. The minimum Gasteiger partial charge on any atom is -0.340 e. The van der Waals surface area contributed by atoms with Crippen molar-refractivity contribution in [1.82, 2.24) is 9.88 Å². The number of alkyl halides is 3. The zero-order valence-electron chi connectivity index (χ0n) is 10.9. The summed E-state index contributed by atoms with van der Waals surface area (Å²) < 4.78 is 36.2. The lowest BCUT2D eigenvalue weighted by molar-refractivity contribution is -0.136. The van der Waals surface area contributed by atoms with Gasteiger partial charge in [0.25, 0.3) is 5.91 Å². The highest BCUT2D eigenvalue weighted by atomic mass is 19.4. The maximum Gasteiger partial charge on any atom is 0.390 e. The van der Waals surface area contributed by atoms with Crippen LogP contribution < -0.4 is 5.73 Å². The number of aromatic nitrogens is 1. The van der Waals surface area contributed by atoms with Gasteiger partial charge >= 0.3 is 6.18 Å². The lowest BCUT2D eigenvalue weighted by Gasteiger charge is -2.17. The van der Waals surface area contributed by atoms with Gasteiger partial charge in [0, 0.05) is 25.4 Å². The van der Waals surface area contributed by atoms with E-state index in [1.54, 1.807) is 6.07 Å². The Balaban J connectivity index is 2.67. The summed E-state index contributed by atoms with van der Waals surface area (Å²) in [4.78, 5) is 16.7. The summed E-state index contributed by atoms with van der Waals surface area (Å²) in [6.07, 6.45) is -3.95. The zero-order valence-corrected chi connectivity index (χ0v) is 10.9. The van der Waals surface area contributed by atoms with Crippen LogP contribution in [0.5, 0.6) is 0 Å². The molecule has 1 aromatic rings. The number of rotatable bonds is 3. The van der Waals surface area contributed by atoms with Crippen LogP contribution in [0.3, 0.4) is 0 Å². The van der Waals surface area contributed by atoms with Crippen LogP contribution in [0, 0.1) is 11.8 Å². The summed E-state index contributed by atoms with van der Waals surface area (Å²) in [5, 5.41) is 0. The van der Waals surface area contributed by atoms with Crippen LogP contribution in [0.25, 0.3) is 0 Å². The number of nitrogens with zero attached hydrogens (tertiary/aromatic N) is 2. The minimum atomic E-state index is -4.29. The number of halogens is 3. The van der Waals surface area contributed by atoms with Gasteiger partial charge in [0.1, 0.15) is 5.69 Å². The molecule has 0 aliphatic carbocycles. The first-order valence-electron chi connectivity index (χ1n) is 5.80. The van der Waals surface area contributed by atoms with Gasteiger partial charge in [0.15, 0.2) is 0 Å². The van der Waals surface area contributed by atoms with Gasteiger partial charge in [-0.2, -0.15) is 13.2 Å². The highest BCUT2D eigenvalue weighted by Gasteiger charge is 2.28. The lowest BCUT2D eigenvalue weighted by atomic mass is 10.2. The molecule has 0 aliphatic rings. The normalized spacial score (nSPS) is 10.7. The van der Waals surface area contributed by atoms with Crippen LogP contribution in [0.15, 0.2) is 18.3 Å². The lowest BCUT2D eigenvalue weighted by Crippen LogP contribution is -2.31. The van der Waals surface area contributed by atoms with Crippen molar-refractivity contribution in [2.45, 2.75) is 12.6 Å². The van der Waals surface area contributed by atoms with E-state index in [0.29, 0.717) is 5.56 Å². The number of hydrogen-bond acceptors (Lipinski definition) is 3. The molecular weight excluding hydrogens is 271 g/mol. The summed E-state index contributed by atoms with van der Waals surface area (Å²) in [6, 6.07) is 2.99. The predicted octanol–water partition coefficient (Wildman–Crippen LogP) is 1.42. The number of amides is 1. The van der Waals surface area contributed by atoms with E-state index in [0.717, 1.165) is 4.90 Å². The number of pyridine rings is 1. The van der Waals surface area contributed by atoms with E-state index >= 15 is 0 Å². The fourth-order valence-corrected chi connectivity index (χ4v) is 1.34. The SMILES string of the molecule is CN(CCC(F)(F)F)C(=O)c1ccc(C#CCN)cn1. The molecule has 1 amide bonds. The molecule has 108 valence electrons. The van der Waals surface area contributed by atoms with Crippen molar-refractivity contribution in [3.63, 3.8) is 0 Å². The second-order valence-electron chi connectivity index (χ2n) is 4.03. The fourth-order valence-electron chi connectivity index (χ4n) is 1.34. The number of nitrogens with two attached hydrogens (primary N) is 1. The second-order valence-corrected chi connectivity index (χ2v) is 4.03. The Kier molecular flexibility index (Phi) is 5.53. The number of carbonyl (C=O) groups is 1. The van der Waals surface area contributed by atoms with E-state index in [-0.39, 0.29) is 12.2 Å². The van der Waals surface area contributed by atoms with Crippen molar-refractivity contribution in [3.05, 3.63) is 29.6 Å². The standard InChI is InChI=1S/C13H14F3N3O/c1-19(8-6-13(14,15)16)12(20)11-5-4-10(9-18-11)3-2-7-17/h4-5,9H,6-8,17H2,1H3. The van der Waals surface area contributed by atoms with Crippen molar-refractivity contribution < 1.29 is 18.0 Å². The van der Waals surface area contributed by atoms with Crippen LogP contribution in [0.1, 0.15) is 22.5 Å². The Morgan fingerprint density at radius 2 is 2.15 bits per heavy atom. The second kappa shape index (κ2) is 6.91. The Labute approximate surface area is 114 Å². The highest BCUT2D eigenvalue weighted by molar-refractivity contribution is 5.92. The van der Waals surface area contributed by atoms with Gasteiger partial charge in [0.05, 0.1) is 13.0 Å². The molecule has 1 rings (SSSR count). The van der Waals surface area contributed by atoms with Crippen molar-refractivity contribution in [3.8, 4) is 11.8 Å². The molecule has 0 aliphatic heterocycles. The Morgan fingerprint density at radius 3 is 2.65 bits per heavy atom. The van der Waals surface area contributed by atoms with Crippen LogP contribution in [-0.2, 0) is 0 Å². The van der Waals surface area contributed by atoms with Gasteiger partial charge in [-0.3, -0.25) is 4.79 Å². The summed E-state index contributed by atoms with van der Waals surface area (Å²) >= 11 is 0. The van der Waals surface area contributed by atoms with Crippen LogP contribution in [-0.4, -0.2) is 42.1 Å². The quantitative estimate of drug-likeness (QED) is 0.854. The molecule has 20 heavy (non-hydrogen) atoms. The molecule has 0 atom stereocenters. The van der Waals surface area contributed by atoms with E-state index in [4.69, 9.17) is 5.73 Å². The van der Waals surface area contributed by atoms with E-state index < -0.39 is 25.0 Å². The molecule has 0 radical (unpaired) electrons. The molecular formula is C13H14F3N3O. The van der Waals surface area contributed by atoms with Crippen molar-refractivity contribution >= 4 is 5.91 Å². The molecule has 0 aromatic carbocycles. The average Bonchev–Trinajstić information content (AvgIpc) is 2.41. The molecule has 0 fully saturated rings. The molecule has 0 spiro atoms. The zero-order chi connectivity index (χ0) is 15.2. The maximum absolute atomic E-state index is 12.1. The third-order valence-electron chi connectivity index (χ3n) is 2.39. The van der Waals surface area contributed by atoms with Gasteiger partial charge in [-0.15, -0.1) is 0 Å². The van der Waals surface area contributed by atoms with E-state index in [1.807, 2.05) is 0 Å². The van der Waals surface area contributed by atoms with Crippen LogP contribution in [0.2, 0.25) is 0 Å². The summed E-state index contributed by atoms with van der Waals surface area (Å²) in [5.74, 6) is 4.80. The monoisotopic (exact) mass is 285 g/mol. The first-order chi connectivity index (χ1) is 9.33. The predicted molar refractivity (Wildman–Crippen MR) is 67.8 cm³/mol. The summed E-state index contributed by atoms with van der Waals surface area (Å²) in [7, 11) is 1.30. The van der Waals surface area contributed by atoms with Gasteiger partial charge < -0.3 is 10.6 Å². The van der Waals surface area contributed by atoms with Gasteiger partial charge in [-0.25, -0.2) is 4.98 Å². The summed E-state index contributed by atoms with van der Waals surface area (Å²) in [5.41, 5.74) is 5.88. The van der Waals surface area contributed by atoms with E-state index in [2.05, 4.69) is 16.8 Å². The van der Waals surface area contributed by atoms with Crippen LogP contribution in [0.4, 0.5) is 13.2 Å². The van der Waals surface area contributed by atoms with Gasteiger partial charge in [-0.1, -0.05) is 11.8 Å². The Bertz CT molecular complexity index is 514. The number of carbonyl (C=O) groups excluding carboxylic acids is 1. The van der Waals surface area contributed by atoms with Crippen LogP contribution >= 0.6 is 0 Å². The molecule has 0 saturated heterocycles. The smallest absolute Gasteiger partial charge is 0.340 e. The van der Waals surface area contributed by atoms with E-state index in [9.17, 15) is 18.0 Å². The fraction of sp³-hybridized carbons (Fsp3) is 0.385. The maximum atomic E-state index is 12.1. The molecule has 0 bridgehead atoms. The Morgan fingerprint density at radius 1 is 1.45 bits per heavy atom. The molecule has 4 nitrogen and oxygen atoms in total.